The van der Waals surface area contributed by atoms with Crippen LogP contribution in [0.1, 0.15) is 61.4 Å². The minimum absolute atomic E-state index is 0.0140. The fourth-order valence-electron chi connectivity index (χ4n) is 11.1. The lowest BCUT2D eigenvalue weighted by Crippen LogP contribution is -2.58. The number of carbonyl (C=O) groups is 1. The molecular formula is C53H58ClF3N12O4. The first-order valence-corrected chi connectivity index (χ1v) is 25.4. The number of aromatic amines is 1. The standard InChI is InChI=1S/C53H58ClF3N12O4/c1-33(2)40-27-41(46(71)28-45(40)70)49-61-62-52(73)69(49)37-11-9-34(10-12-37)29-63-21-23-64(24-22-63)30-35-14-18-65(19-15-35)51-59-43-32-66(44-8-4-6-36-5-3-7-42(54)47(36)44)20-16-39(43)48(60-51)67-25-26-68(38(31-67)13-17-58)50(72)53(55,56)57/h3-12,27-28,33,35,38,70-71H,13-16,18-26,29-32H2,1-2H3,(H,62,73). The molecule has 73 heavy (non-hydrogen) atoms. The van der Waals surface area contributed by atoms with Crippen LogP contribution in [0.4, 0.5) is 30.6 Å². The zero-order valence-electron chi connectivity index (χ0n) is 40.8. The van der Waals surface area contributed by atoms with E-state index >= 15 is 0 Å². The van der Waals surface area contributed by atoms with Crippen LogP contribution in [0.25, 0.3) is 27.8 Å². The highest BCUT2D eigenvalue weighted by Crippen LogP contribution is 2.40. The van der Waals surface area contributed by atoms with E-state index in [1.54, 1.807) is 6.07 Å². The number of benzene rings is 4. The van der Waals surface area contributed by atoms with Crippen LogP contribution in [-0.2, 0) is 24.3 Å². The van der Waals surface area contributed by atoms with Gasteiger partial charge in [-0.1, -0.05) is 61.8 Å². The Bertz CT molecular complexity index is 3100. The first-order chi connectivity index (χ1) is 35.1. The van der Waals surface area contributed by atoms with Crippen molar-refractivity contribution in [3.63, 3.8) is 0 Å². The number of nitrogens with one attached hydrogen (secondary N) is 1. The number of nitriles is 1. The first-order valence-electron chi connectivity index (χ1n) is 25.0. The third kappa shape index (κ3) is 10.2. The van der Waals surface area contributed by atoms with Gasteiger partial charge in [0.15, 0.2) is 5.82 Å². The molecule has 4 aromatic carbocycles. The number of carbonyl (C=O) groups excluding carboxylic acids is 1. The number of fused-ring (bicyclic) bond motifs is 2. The third-order valence-electron chi connectivity index (χ3n) is 15.0. The highest BCUT2D eigenvalue weighted by molar-refractivity contribution is 6.36. The Balaban J connectivity index is 0.790. The number of phenolic OH excluding ortho intramolecular Hbond substituents is 2. The van der Waals surface area contributed by atoms with Gasteiger partial charge in [0.05, 0.1) is 47.0 Å². The number of aromatic nitrogens is 5. The molecule has 0 aliphatic carbocycles. The van der Waals surface area contributed by atoms with Gasteiger partial charge in [-0.05, 0) is 77.9 Å². The number of halogens is 4. The first kappa shape index (κ1) is 49.7. The van der Waals surface area contributed by atoms with E-state index in [1.165, 1.54) is 10.6 Å². The average Bonchev–Trinajstić information content (AvgIpc) is 3.76. The number of nitrogens with zero attached hydrogens (tertiary/aromatic N) is 11. The fourth-order valence-corrected chi connectivity index (χ4v) is 11.4. The van der Waals surface area contributed by atoms with Crippen LogP contribution in [-0.4, -0.2) is 140 Å². The third-order valence-corrected chi connectivity index (χ3v) is 15.3. The van der Waals surface area contributed by atoms with Crippen LogP contribution in [0.5, 0.6) is 11.5 Å². The Labute approximate surface area is 425 Å². The number of aromatic hydroxyl groups is 2. The topological polar surface area (TPSA) is 177 Å². The van der Waals surface area contributed by atoms with Gasteiger partial charge in [0.25, 0.3) is 0 Å². The molecule has 1 atom stereocenters. The van der Waals surface area contributed by atoms with E-state index in [0.29, 0.717) is 59.0 Å². The normalized spacial score (nSPS) is 18.4. The van der Waals surface area contributed by atoms with Crippen molar-refractivity contribution < 1.29 is 28.2 Å². The zero-order chi connectivity index (χ0) is 51.1. The van der Waals surface area contributed by atoms with Gasteiger partial charge in [0.2, 0.25) is 5.95 Å². The second-order valence-electron chi connectivity index (χ2n) is 20.0. The predicted octanol–water partition coefficient (Wildman–Crippen LogP) is 7.45. The van der Waals surface area contributed by atoms with Gasteiger partial charge in [-0.25, -0.2) is 19.4 Å². The lowest BCUT2D eigenvalue weighted by Gasteiger charge is -2.43. The minimum Gasteiger partial charge on any atom is -0.508 e. The van der Waals surface area contributed by atoms with Crippen LogP contribution in [0.15, 0.2) is 77.6 Å². The Morgan fingerprint density at radius 3 is 2.32 bits per heavy atom. The number of phenols is 2. The molecule has 1 amide bonds. The molecule has 6 heterocycles. The largest absolute Gasteiger partial charge is 0.508 e. The van der Waals surface area contributed by atoms with Crippen LogP contribution in [0, 0.1) is 17.2 Å². The number of hydrogen-bond acceptors (Lipinski definition) is 13. The summed E-state index contributed by atoms with van der Waals surface area (Å²) >= 11 is 6.79. The summed E-state index contributed by atoms with van der Waals surface area (Å²) < 4.78 is 42.5. The number of anilines is 3. The molecule has 4 aliphatic heterocycles. The summed E-state index contributed by atoms with van der Waals surface area (Å²) in [6.07, 6.45) is -2.80. The van der Waals surface area contributed by atoms with Gasteiger partial charge in [-0.2, -0.15) is 28.5 Å². The van der Waals surface area contributed by atoms with Crippen molar-refractivity contribution in [1.82, 2.24) is 39.4 Å². The van der Waals surface area contributed by atoms with Gasteiger partial charge in [0, 0.05) is 101 Å². The quantitative estimate of drug-likeness (QED) is 0.117. The zero-order valence-corrected chi connectivity index (χ0v) is 41.6. The predicted molar refractivity (Wildman–Crippen MR) is 273 cm³/mol. The lowest BCUT2D eigenvalue weighted by molar-refractivity contribution is -0.188. The summed E-state index contributed by atoms with van der Waals surface area (Å²) in [7, 11) is 0. The summed E-state index contributed by atoms with van der Waals surface area (Å²) in [5, 5.41) is 40.1. The van der Waals surface area contributed by atoms with Crippen LogP contribution < -0.4 is 20.4 Å². The molecule has 3 fully saturated rings. The Morgan fingerprint density at radius 1 is 0.877 bits per heavy atom. The maximum absolute atomic E-state index is 13.7. The molecule has 6 aromatic rings. The fraction of sp³-hybridized carbons (Fsp3) is 0.434. The SMILES string of the molecule is CC(C)c1cc(-c2n[nH]c(=O)n2-c2ccc(CN3CCN(CC4CCN(c5nc6c(c(N7CCN(C(=O)C(F)(F)F)C(CC#N)C7)n5)CCN(c5cccc7cccc(Cl)c57)C6)CC4)CC3)cc2)c(O)cc1O. The van der Waals surface area contributed by atoms with Crippen LogP contribution in [0.3, 0.4) is 0 Å². The number of piperazine rings is 2. The van der Waals surface area contributed by atoms with Crippen molar-refractivity contribution >= 4 is 45.7 Å². The van der Waals surface area contributed by atoms with Crippen molar-refractivity contribution in [2.75, 3.05) is 86.7 Å². The van der Waals surface area contributed by atoms with E-state index < -0.39 is 23.8 Å². The molecule has 20 heteroatoms. The van der Waals surface area contributed by atoms with Crippen molar-refractivity contribution in [1.29, 1.82) is 5.26 Å². The molecule has 10 rings (SSSR count). The summed E-state index contributed by atoms with van der Waals surface area (Å²) in [6, 6.07) is 23.8. The number of hydrogen-bond donors (Lipinski definition) is 3. The number of amides is 1. The van der Waals surface area contributed by atoms with Crippen LogP contribution in [0.2, 0.25) is 5.02 Å². The molecule has 382 valence electrons. The summed E-state index contributed by atoms with van der Waals surface area (Å²) in [6.45, 7) is 11.9. The molecule has 1 unspecified atom stereocenters. The maximum Gasteiger partial charge on any atom is 0.471 e. The molecule has 0 saturated carbocycles. The second kappa shape index (κ2) is 20.6. The molecule has 3 N–H and O–H groups in total. The van der Waals surface area contributed by atoms with Gasteiger partial charge in [-0.15, -0.1) is 0 Å². The van der Waals surface area contributed by atoms with Gasteiger partial charge in [0.1, 0.15) is 17.3 Å². The number of rotatable bonds is 11. The molecule has 16 nitrogen and oxygen atoms in total. The Morgan fingerprint density at radius 2 is 1.60 bits per heavy atom. The smallest absolute Gasteiger partial charge is 0.471 e. The molecule has 2 aromatic heterocycles. The van der Waals surface area contributed by atoms with E-state index in [-0.39, 0.29) is 49.3 Å². The molecule has 0 bridgehead atoms. The minimum atomic E-state index is -5.04. The number of piperidine rings is 1. The van der Waals surface area contributed by atoms with E-state index in [1.807, 2.05) is 79.4 Å². The van der Waals surface area contributed by atoms with Gasteiger partial charge >= 0.3 is 17.8 Å². The maximum atomic E-state index is 13.7. The molecule has 0 radical (unpaired) electrons. The lowest BCUT2D eigenvalue weighted by atomic mass is 9.96. The highest BCUT2D eigenvalue weighted by Gasteiger charge is 2.46. The Kier molecular flexibility index (Phi) is 14.0. The monoisotopic (exact) mass is 1020 g/mol. The van der Waals surface area contributed by atoms with Gasteiger partial charge < -0.3 is 34.7 Å². The van der Waals surface area contributed by atoms with Crippen molar-refractivity contribution in [2.45, 2.75) is 70.8 Å². The highest BCUT2D eigenvalue weighted by atomic mass is 35.5. The Hall–Kier alpha value is -6.88. The molecule has 4 aliphatic rings. The van der Waals surface area contributed by atoms with E-state index in [2.05, 4.69) is 35.9 Å². The van der Waals surface area contributed by atoms with Gasteiger partial charge in [-0.3, -0.25) is 9.69 Å². The van der Waals surface area contributed by atoms with Crippen molar-refractivity contribution in [2.24, 2.45) is 5.92 Å². The van der Waals surface area contributed by atoms with Crippen LogP contribution >= 0.6 is 11.6 Å². The van der Waals surface area contributed by atoms with E-state index in [4.69, 9.17) is 21.6 Å². The summed E-state index contributed by atoms with van der Waals surface area (Å²) in [4.78, 5) is 48.1. The molecule has 0 spiro atoms. The van der Waals surface area contributed by atoms with E-state index in [0.717, 1.165) is 103 Å². The average molecular weight is 1020 g/mol. The molecule has 3 saturated heterocycles. The summed E-state index contributed by atoms with van der Waals surface area (Å²) in [5.41, 5.74) is 5.01. The van der Waals surface area contributed by atoms with Crippen molar-refractivity contribution in [3.05, 3.63) is 111 Å². The molecular weight excluding hydrogens is 961 g/mol. The number of H-pyrrole nitrogens is 1. The summed E-state index contributed by atoms with van der Waals surface area (Å²) in [5.74, 6) is -0.174. The van der Waals surface area contributed by atoms with Crippen molar-refractivity contribution in [3.8, 4) is 34.6 Å². The van der Waals surface area contributed by atoms with E-state index in [9.17, 15) is 38.2 Å². The second-order valence-corrected chi connectivity index (χ2v) is 20.4. The number of alkyl halides is 3.